The van der Waals surface area contributed by atoms with Crippen molar-refractivity contribution in [3.63, 3.8) is 0 Å². The zero-order chi connectivity index (χ0) is 9.90. The van der Waals surface area contributed by atoms with Crippen molar-refractivity contribution in [3.8, 4) is 0 Å². The first-order valence-electron chi connectivity index (χ1n) is 3.66. The van der Waals surface area contributed by atoms with Gasteiger partial charge in [0.1, 0.15) is 6.61 Å². The Bertz CT molecular complexity index is 275. The summed E-state index contributed by atoms with van der Waals surface area (Å²) < 4.78 is 25.6. The number of cyclic esters (lactones) is 1. The van der Waals surface area contributed by atoms with Crippen LogP contribution in [-0.4, -0.2) is 33.0 Å². The van der Waals surface area contributed by atoms with Crippen molar-refractivity contribution in [2.45, 2.75) is 0 Å². The van der Waals surface area contributed by atoms with E-state index in [1.165, 1.54) is 20.3 Å². The Morgan fingerprint density at radius 2 is 2.15 bits per heavy atom. The van der Waals surface area contributed by atoms with Gasteiger partial charge in [-0.25, -0.2) is 4.79 Å². The van der Waals surface area contributed by atoms with Gasteiger partial charge in [0.2, 0.25) is 0 Å². The molecule has 0 bridgehead atoms. The van der Waals surface area contributed by atoms with Crippen LogP contribution in [0.3, 0.4) is 0 Å². The normalized spacial score (nSPS) is 17.1. The minimum Gasteiger partial charge on any atom is -0.458 e. The summed E-state index contributed by atoms with van der Waals surface area (Å²) in [6, 6.07) is 0. The van der Waals surface area contributed by atoms with E-state index in [9.17, 15) is 9.36 Å². The van der Waals surface area contributed by atoms with Crippen LogP contribution in [0.5, 0.6) is 0 Å². The average Bonchev–Trinajstić information content (AvgIpc) is 2.51. The number of ether oxygens (including phenoxy) is 1. The van der Waals surface area contributed by atoms with Gasteiger partial charge in [-0.3, -0.25) is 4.57 Å². The number of esters is 1. The van der Waals surface area contributed by atoms with E-state index in [0.717, 1.165) is 0 Å². The fourth-order valence-corrected chi connectivity index (χ4v) is 2.04. The molecule has 1 aliphatic rings. The van der Waals surface area contributed by atoms with Crippen LogP contribution in [0, 0.1) is 0 Å². The first-order valence-corrected chi connectivity index (χ1v) is 5.39. The largest absolute Gasteiger partial charge is 0.458 e. The summed E-state index contributed by atoms with van der Waals surface area (Å²) in [5.74, 6) is -0.409. The van der Waals surface area contributed by atoms with Crippen LogP contribution in [0.4, 0.5) is 0 Å². The zero-order valence-corrected chi connectivity index (χ0v) is 8.37. The molecule has 0 unspecified atom stereocenters. The van der Waals surface area contributed by atoms with Crippen LogP contribution in [0.15, 0.2) is 11.6 Å². The zero-order valence-electron chi connectivity index (χ0n) is 7.48. The molecule has 0 saturated heterocycles. The van der Waals surface area contributed by atoms with Crippen LogP contribution in [0.1, 0.15) is 0 Å². The quantitative estimate of drug-likeness (QED) is 0.506. The second-order valence-electron chi connectivity index (χ2n) is 2.54. The standard InChI is InChI=1S/C7H11O5P/c1-10-13(9,11-2)5-6-3-7(8)12-4-6/h3H,4-5H2,1-2H3. The molecule has 6 heteroatoms. The highest BCUT2D eigenvalue weighted by atomic mass is 31.2. The van der Waals surface area contributed by atoms with Crippen molar-refractivity contribution < 1.29 is 23.1 Å². The van der Waals surface area contributed by atoms with Crippen molar-refractivity contribution in [2.75, 3.05) is 27.0 Å². The second-order valence-corrected chi connectivity index (χ2v) is 4.81. The van der Waals surface area contributed by atoms with Crippen LogP contribution in [-0.2, 0) is 23.1 Å². The van der Waals surface area contributed by atoms with Crippen molar-refractivity contribution >= 4 is 13.6 Å². The first-order chi connectivity index (χ1) is 6.09. The number of carbonyl (C=O) groups excluding carboxylic acids is 1. The Morgan fingerprint density at radius 3 is 2.54 bits per heavy atom. The smallest absolute Gasteiger partial charge is 0.334 e. The van der Waals surface area contributed by atoms with Crippen molar-refractivity contribution in [1.82, 2.24) is 0 Å². The molecule has 0 saturated carbocycles. The molecule has 0 aromatic carbocycles. The van der Waals surface area contributed by atoms with Gasteiger partial charge in [-0.15, -0.1) is 0 Å². The summed E-state index contributed by atoms with van der Waals surface area (Å²) in [7, 11) is -0.441. The number of hydrogen-bond donors (Lipinski definition) is 0. The number of rotatable bonds is 4. The highest BCUT2D eigenvalue weighted by Gasteiger charge is 2.26. The molecule has 0 aromatic rings. The predicted octanol–water partition coefficient (Wildman–Crippen LogP) is 0.955. The van der Waals surface area contributed by atoms with E-state index >= 15 is 0 Å². The molecule has 0 fully saturated rings. The fraction of sp³-hybridized carbons (Fsp3) is 0.571. The lowest BCUT2D eigenvalue weighted by Gasteiger charge is -2.12. The third kappa shape index (κ3) is 2.66. The molecule has 5 nitrogen and oxygen atoms in total. The Morgan fingerprint density at radius 1 is 1.54 bits per heavy atom. The minimum atomic E-state index is -3.06. The van der Waals surface area contributed by atoms with E-state index in [0.29, 0.717) is 5.57 Å². The summed E-state index contributed by atoms with van der Waals surface area (Å²) in [6.07, 6.45) is 1.41. The lowest BCUT2D eigenvalue weighted by molar-refractivity contribution is -0.134. The highest BCUT2D eigenvalue weighted by Crippen LogP contribution is 2.48. The van der Waals surface area contributed by atoms with Gasteiger partial charge in [-0.1, -0.05) is 0 Å². The van der Waals surface area contributed by atoms with E-state index in [2.05, 4.69) is 4.74 Å². The molecule has 0 radical (unpaired) electrons. The Hall–Kier alpha value is -0.640. The lowest BCUT2D eigenvalue weighted by atomic mass is 10.3. The van der Waals surface area contributed by atoms with Crippen LogP contribution < -0.4 is 0 Å². The molecule has 0 aromatic heterocycles. The number of hydrogen-bond acceptors (Lipinski definition) is 5. The summed E-state index contributed by atoms with van der Waals surface area (Å²) >= 11 is 0. The van der Waals surface area contributed by atoms with E-state index in [1.807, 2.05) is 0 Å². The van der Waals surface area contributed by atoms with Gasteiger partial charge in [-0.05, 0) is 5.57 Å². The van der Waals surface area contributed by atoms with Crippen LogP contribution in [0.2, 0.25) is 0 Å². The molecular weight excluding hydrogens is 195 g/mol. The van der Waals surface area contributed by atoms with Crippen LogP contribution >= 0.6 is 7.60 Å². The first kappa shape index (κ1) is 10.4. The average molecular weight is 206 g/mol. The molecule has 74 valence electrons. The summed E-state index contributed by atoms with van der Waals surface area (Å²) in [5, 5.41) is 0. The summed E-state index contributed by atoms with van der Waals surface area (Å²) in [6.45, 7) is 0.176. The monoisotopic (exact) mass is 206 g/mol. The van der Waals surface area contributed by atoms with Gasteiger partial charge in [0.25, 0.3) is 0 Å². The lowest BCUT2D eigenvalue weighted by Crippen LogP contribution is -1.99. The van der Waals surface area contributed by atoms with Gasteiger partial charge < -0.3 is 13.8 Å². The maximum atomic E-state index is 11.6. The van der Waals surface area contributed by atoms with Gasteiger partial charge in [0, 0.05) is 20.3 Å². The molecule has 1 heterocycles. The molecular formula is C7H11O5P. The molecule has 1 aliphatic heterocycles. The molecule has 0 atom stereocenters. The van der Waals surface area contributed by atoms with Crippen molar-refractivity contribution in [1.29, 1.82) is 0 Å². The summed E-state index contributed by atoms with van der Waals surface area (Å²) in [5.41, 5.74) is 0.636. The van der Waals surface area contributed by atoms with Crippen molar-refractivity contribution in [3.05, 3.63) is 11.6 Å². The molecule has 0 amide bonds. The molecule has 13 heavy (non-hydrogen) atoms. The molecule has 1 rings (SSSR count). The molecule has 0 N–H and O–H groups in total. The van der Waals surface area contributed by atoms with E-state index in [4.69, 9.17) is 9.05 Å². The summed E-state index contributed by atoms with van der Waals surface area (Å²) in [4.78, 5) is 10.6. The third-order valence-electron chi connectivity index (χ3n) is 1.67. The minimum absolute atomic E-state index is 0.103. The SMILES string of the molecule is COP(=O)(CC1=CC(=O)OC1)OC. The maximum absolute atomic E-state index is 11.6. The van der Waals surface area contributed by atoms with Crippen molar-refractivity contribution in [2.24, 2.45) is 0 Å². The highest BCUT2D eigenvalue weighted by molar-refractivity contribution is 7.54. The fourth-order valence-electron chi connectivity index (χ4n) is 0.957. The molecule has 0 spiro atoms. The van der Waals surface area contributed by atoms with Gasteiger partial charge in [0.15, 0.2) is 0 Å². The van der Waals surface area contributed by atoms with E-state index < -0.39 is 13.6 Å². The van der Waals surface area contributed by atoms with E-state index in [1.54, 1.807) is 0 Å². The molecule has 0 aliphatic carbocycles. The van der Waals surface area contributed by atoms with E-state index in [-0.39, 0.29) is 12.8 Å². The maximum Gasteiger partial charge on any atom is 0.334 e. The van der Waals surface area contributed by atoms with Gasteiger partial charge in [-0.2, -0.15) is 0 Å². The second kappa shape index (κ2) is 4.05. The van der Waals surface area contributed by atoms with Crippen LogP contribution in [0.25, 0.3) is 0 Å². The third-order valence-corrected chi connectivity index (χ3v) is 3.58. The Labute approximate surface area is 76.2 Å². The van der Waals surface area contributed by atoms with Gasteiger partial charge in [0.05, 0.1) is 6.16 Å². The Balaban J connectivity index is 2.62. The Kier molecular flexibility index (Phi) is 3.25. The van der Waals surface area contributed by atoms with Gasteiger partial charge >= 0.3 is 13.6 Å². The topological polar surface area (TPSA) is 61.8 Å². The predicted molar refractivity (Wildman–Crippen MR) is 45.5 cm³/mol. The number of carbonyl (C=O) groups is 1.